The Bertz CT molecular complexity index is 2980. The Hall–Kier alpha value is -7.94. The molecule has 5 heteroatoms. The zero-order valence-electron chi connectivity index (χ0n) is 31.2. The molecule has 1 aromatic heterocycles. The van der Waals surface area contributed by atoms with Gasteiger partial charge in [0.1, 0.15) is 11.5 Å². The van der Waals surface area contributed by atoms with E-state index in [1.807, 2.05) is 91.0 Å². The summed E-state index contributed by atoms with van der Waals surface area (Å²) < 4.78 is 6.97. The minimum absolute atomic E-state index is 0.565. The summed E-state index contributed by atoms with van der Waals surface area (Å²) in [5, 5.41) is 9.37. The maximum absolute atomic E-state index is 9.37. The molecule has 9 aromatic rings. The lowest BCUT2D eigenvalue weighted by atomic mass is 9.65. The average Bonchev–Trinajstić information content (AvgIpc) is 3.60. The summed E-state index contributed by atoms with van der Waals surface area (Å²) in [6, 6.07) is 69.0. The van der Waals surface area contributed by atoms with Crippen LogP contribution in [0.25, 0.3) is 67.5 Å². The second kappa shape index (κ2) is 13.4. The number of nitrogens with zero attached hydrogens (tertiary/aromatic N) is 4. The number of benzene rings is 8. The van der Waals surface area contributed by atoms with Crippen molar-refractivity contribution in [3.63, 3.8) is 0 Å². The highest BCUT2D eigenvalue weighted by atomic mass is 16.5. The van der Waals surface area contributed by atoms with Gasteiger partial charge in [0.25, 0.3) is 0 Å². The van der Waals surface area contributed by atoms with Crippen molar-refractivity contribution in [1.29, 1.82) is 5.26 Å². The molecule has 11 rings (SSSR count). The van der Waals surface area contributed by atoms with Crippen molar-refractivity contribution < 1.29 is 4.74 Å². The summed E-state index contributed by atoms with van der Waals surface area (Å²) in [7, 11) is 0. The van der Waals surface area contributed by atoms with Gasteiger partial charge < -0.3 is 4.74 Å². The first-order valence-corrected chi connectivity index (χ1v) is 19.3. The highest BCUT2D eigenvalue weighted by Crippen LogP contribution is 2.63. The van der Waals surface area contributed by atoms with E-state index in [2.05, 4.69) is 109 Å². The average molecular weight is 741 g/mol. The van der Waals surface area contributed by atoms with Crippen LogP contribution >= 0.6 is 0 Å². The van der Waals surface area contributed by atoms with E-state index in [9.17, 15) is 5.26 Å². The van der Waals surface area contributed by atoms with Crippen molar-refractivity contribution in [2.45, 2.75) is 5.41 Å². The van der Waals surface area contributed by atoms with E-state index in [-0.39, 0.29) is 0 Å². The van der Waals surface area contributed by atoms with Gasteiger partial charge in [-0.05, 0) is 74.8 Å². The third-order valence-electron chi connectivity index (χ3n) is 11.5. The van der Waals surface area contributed by atoms with Crippen LogP contribution in [0, 0.1) is 11.3 Å². The van der Waals surface area contributed by atoms with Gasteiger partial charge >= 0.3 is 0 Å². The van der Waals surface area contributed by atoms with Gasteiger partial charge in [0, 0.05) is 27.8 Å². The zero-order chi connectivity index (χ0) is 38.6. The molecular weight excluding hydrogens is 709 g/mol. The van der Waals surface area contributed by atoms with Crippen LogP contribution in [0.2, 0.25) is 0 Å². The van der Waals surface area contributed by atoms with E-state index in [0.29, 0.717) is 23.0 Å². The van der Waals surface area contributed by atoms with Crippen molar-refractivity contribution in [3.8, 4) is 85.1 Å². The number of hydrogen-bond donors (Lipinski definition) is 0. The maximum atomic E-state index is 9.37. The Morgan fingerprint density at radius 1 is 0.362 bits per heavy atom. The minimum Gasteiger partial charge on any atom is -0.457 e. The largest absolute Gasteiger partial charge is 0.457 e. The normalized spacial score (nSPS) is 12.7. The predicted octanol–water partition coefficient (Wildman–Crippen LogP) is 12.5. The number of para-hydroxylation sites is 1. The lowest BCUT2D eigenvalue weighted by Crippen LogP contribution is -2.32. The Kier molecular flexibility index (Phi) is 7.70. The van der Waals surface area contributed by atoms with Gasteiger partial charge in [0.15, 0.2) is 17.5 Å². The van der Waals surface area contributed by atoms with E-state index in [1.54, 1.807) is 0 Å². The SMILES string of the molecule is N#Cc1ccc(-c2ccc(-c3cc4c(cc3-c3nc(-c5ccccc5)nc(-c5ccccc5)n3)C3(c5ccccc5O4)c4ccccc4-c4ccccc43)cc2)cc1. The fraction of sp³-hybridized carbons (Fsp3) is 0.0189. The molecule has 0 saturated carbocycles. The van der Waals surface area contributed by atoms with Crippen LogP contribution in [0.3, 0.4) is 0 Å². The van der Waals surface area contributed by atoms with E-state index >= 15 is 0 Å². The van der Waals surface area contributed by atoms with E-state index in [4.69, 9.17) is 19.7 Å². The van der Waals surface area contributed by atoms with Crippen LogP contribution < -0.4 is 4.74 Å². The molecule has 2 aliphatic rings. The van der Waals surface area contributed by atoms with Crippen molar-refractivity contribution in [1.82, 2.24) is 15.0 Å². The highest BCUT2D eigenvalue weighted by molar-refractivity contribution is 5.92. The lowest BCUT2D eigenvalue weighted by molar-refractivity contribution is 0.436. The predicted molar refractivity (Wildman–Crippen MR) is 229 cm³/mol. The summed E-state index contributed by atoms with van der Waals surface area (Å²) in [6.45, 7) is 0. The molecule has 0 atom stereocenters. The lowest BCUT2D eigenvalue weighted by Gasteiger charge is -2.40. The maximum Gasteiger partial charge on any atom is 0.164 e. The molecule has 2 heterocycles. The molecule has 1 spiro atoms. The molecule has 270 valence electrons. The smallest absolute Gasteiger partial charge is 0.164 e. The van der Waals surface area contributed by atoms with Gasteiger partial charge in [-0.25, -0.2) is 15.0 Å². The number of nitriles is 1. The fourth-order valence-electron chi connectivity index (χ4n) is 8.83. The summed E-state index contributed by atoms with van der Waals surface area (Å²) >= 11 is 0. The first-order chi connectivity index (χ1) is 28.7. The standard InChI is InChI=1S/C53H32N4O/c54-33-34-23-25-35(26-24-34)36-27-29-37(30-28-36)42-32-49-47(31-43(42)52-56-50(38-13-3-1-4-14-38)55-51(57-52)39-15-5-2-6-16-39)53(46-21-11-12-22-48(46)58-49)44-19-9-7-17-40(44)41-18-8-10-20-45(41)53/h1-32H. The van der Waals surface area contributed by atoms with Gasteiger partial charge in [0.05, 0.1) is 17.0 Å². The van der Waals surface area contributed by atoms with E-state index < -0.39 is 5.41 Å². The van der Waals surface area contributed by atoms with Gasteiger partial charge in [0.2, 0.25) is 0 Å². The molecule has 0 saturated heterocycles. The van der Waals surface area contributed by atoms with Crippen LogP contribution in [0.1, 0.15) is 27.8 Å². The fourth-order valence-corrected chi connectivity index (χ4v) is 8.83. The van der Waals surface area contributed by atoms with Crippen molar-refractivity contribution in [2.24, 2.45) is 0 Å². The topological polar surface area (TPSA) is 71.7 Å². The Balaban J connectivity index is 1.21. The minimum atomic E-state index is -0.665. The second-order valence-corrected chi connectivity index (χ2v) is 14.6. The van der Waals surface area contributed by atoms with Crippen LogP contribution in [0.5, 0.6) is 11.5 Å². The van der Waals surface area contributed by atoms with Crippen molar-refractivity contribution in [3.05, 3.63) is 222 Å². The molecule has 0 radical (unpaired) electrons. The van der Waals surface area contributed by atoms with Crippen LogP contribution in [0.4, 0.5) is 0 Å². The molecule has 8 aromatic carbocycles. The van der Waals surface area contributed by atoms with Gasteiger partial charge in [-0.2, -0.15) is 5.26 Å². The monoisotopic (exact) mass is 740 g/mol. The number of aromatic nitrogens is 3. The van der Waals surface area contributed by atoms with Crippen LogP contribution in [-0.4, -0.2) is 15.0 Å². The third kappa shape index (κ3) is 5.20. The Labute approximate surface area is 336 Å². The number of ether oxygens (including phenoxy) is 1. The zero-order valence-corrected chi connectivity index (χ0v) is 31.2. The molecule has 0 bridgehead atoms. The molecular formula is C53H32N4O. The van der Waals surface area contributed by atoms with Gasteiger partial charge in [-0.3, -0.25) is 0 Å². The van der Waals surface area contributed by atoms with Crippen LogP contribution in [0.15, 0.2) is 194 Å². The van der Waals surface area contributed by atoms with Crippen molar-refractivity contribution in [2.75, 3.05) is 0 Å². The Morgan fingerprint density at radius 3 is 1.43 bits per heavy atom. The third-order valence-corrected chi connectivity index (χ3v) is 11.5. The quantitative estimate of drug-likeness (QED) is 0.176. The van der Waals surface area contributed by atoms with Gasteiger partial charge in [-0.1, -0.05) is 164 Å². The summed E-state index contributed by atoms with van der Waals surface area (Å²) in [6.07, 6.45) is 0. The number of hydrogen-bond acceptors (Lipinski definition) is 5. The van der Waals surface area contributed by atoms with Crippen molar-refractivity contribution >= 4 is 0 Å². The van der Waals surface area contributed by atoms with E-state index in [1.165, 1.54) is 22.3 Å². The summed E-state index contributed by atoms with van der Waals surface area (Å²) in [4.78, 5) is 15.6. The molecule has 5 nitrogen and oxygen atoms in total. The second-order valence-electron chi connectivity index (χ2n) is 14.6. The first-order valence-electron chi connectivity index (χ1n) is 19.3. The highest BCUT2D eigenvalue weighted by Gasteiger charge is 2.51. The number of fused-ring (bicyclic) bond motifs is 9. The summed E-state index contributed by atoms with van der Waals surface area (Å²) in [5.74, 6) is 3.36. The molecule has 1 aliphatic carbocycles. The molecule has 0 amide bonds. The first kappa shape index (κ1) is 33.4. The van der Waals surface area contributed by atoms with E-state index in [0.717, 1.165) is 61.6 Å². The molecule has 0 unspecified atom stereocenters. The molecule has 0 fully saturated rings. The van der Waals surface area contributed by atoms with Crippen LogP contribution in [-0.2, 0) is 5.41 Å². The summed E-state index contributed by atoms with van der Waals surface area (Å²) in [5.41, 5.74) is 13.6. The van der Waals surface area contributed by atoms with Gasteiger partial charge in [-0.15, -0.1) is 0 Å². The molecule has 1 aliphatic heterocycles. The molecule has 58 heavy (non-hydrogen) atoms. The number of rotatable bonds is 5. The molecule has 0 N–H and O–H groups in total. The Morgan fingerprint density at radius 2 is 0.845 bits per heavy atom.